The predicted molar refractivity (Wildman–Crippen MR) is 95.0 cm³/mol. The summed E-state index contributed by atoms with van der Waals surface area (Å²) in [6, 6.07) is 14.1. The van der Waals surface area contributed by atoms with Crippen molar-refractivity contribution in [1.82, 2.24) is 10.3 Å². The minimum atomic E-state index is -0.0818. The van der Waals surface area contributed by atoms with Crippen LogP contribution in [0.4, 0.5) is 10.5 Å². The lowest BCUT2D eigenvalue weighted by Gasteiger charge is -2.26. The van der Waals surface area contributed by atoms with Gasteiger partial charge in [0.05, 0.1) is 11.7 Å². The first kappa shape index (κ1) is 15.2. The number of carbonyl (C=O) groups is 1. The van der Waals surface area contributed by atoms with Gasteiger partial charge in [0.25, 0.3) is 0 Å². The summed E-state index contributed by atoms with van der Waals surface area (Å²) in [5.74, 6) is 0.275. The fraction of sp³-hybridized carbons (Fsp3) is 0.400. The number of amides is 2. The number of aromatic nitrogens is 1. The number of nitrogens with zero attached hydrogens (tertiary/aromatic N) is 2. The second-order valence-electron chi connectivity index (χ2n) is 7.31. The largest absolute Gasteiger partial charge is 0.329 e. The molecule has 2 amide bonds. The normalized spacial score (nSPS) is 18.5. The molecule has 2 aromatic rings. The van der Waals surface area contributed by atoms with Crippen molar-refractivity contribution < 1.29 is 4.79 Å². The molecule has 1 spiro atoms. The van der Waals surface area contributed by atoms with Crippen molar-refractivity contribution in [2.45, 2.75) is 38.1 Å². The number of benzene rings is 1. The molecule has 0 radical (unpaired) electrons. The van der Waals surface area contributed by atoms with E-state index in [0.29, 0.717) is 0 Å². The van der Waals surface area contributed by atoms with E-state index < -0.39 is 0 Å². The van der Waals surface area contributed by atoms with E-state index in [1.165, 1.54) is 18.4 Å². The molecule has 4 nitrogen and oxygen atoms in total. The fourth-order valence-corrected chi connectivity index (χ4v) is 3.74. The van der Waals surface area contributed by atoms with Gasteiger partial charge in [0.2, 0.25) is 0 Å². The molecule has 4 heteroatoms. The van der Waals surface area contributed by atoms with Gasteiger partial charge in [-0.1, -0.05) is 38.1 Å². The van der Waals surface area contributed by atoms with Gasteiger partial charge in [-0.3, -0.25) is 9.88 Å². The summed E-state index contributed by atoms with van der Waals surface area (Å²) in [6.45, 7) is 5.02. The number of hydrogen-bond acceptors (Lipinski definition) is 2. The molecule has 2 aliphatic rings. The maximum absolute atomic E-state index is 13.0. The highest BCUT2D eigenvalue weighted by atomic mass is 16.2. The highest BCUT2D eigenvalue weighted by Crippen LogP contribution is 2.56. The molecular weight excluding hydrogens is 298 g/mol. The first-order chi connectivity index (χ1) is 11.6. The van der Waals surface area contributed by atoms with Gasteiger partial charge in [0.1, 0.15) is 0 Å². The Labute approximate surface area is 142 Å². The Morgan fingerprint density at radius 2 is 1.92 bits per heavy atom. The number of nitrogens with one attached hydrogen (secondary N) is 1. The second-order valence-corrected chi connectivity index (χ2v) is 7.31. The summed E-state index contributed by atoms with van der Waals surface area (Å²) in [7, 11) is 0. The van der Waals surface area contributed by atoms with Gasteiger partial charge in [0.15, 0.2) is 0 Å². The average molecular weight is 321 g/mol. The molecule has 1 aliphatic carbocycles. The first-order valence-corrected chi connectivity index (χ1v) is 8.69. The second kappa shape index (κ2) is 5.62. The number of fused-ring (bicyclic) bond motifs is 2. The van der Waals surface area contributed by atoms with Crippen LogP contribution in [-0.4, -0.2) is 17.6 Å². The van der Waals surface area contributed by atoms with Gasteiger partial charge >= 0.3 is 6.03 Å². The Morgan fingerprint density at radius 1 is 1.17 bits per heavy atom. The molecule has 1 saturated carbocycles. The van der Waals surface area contributed by atoms with Crippen LogP contribution in [0, 0.1) is 5.92 Å². The minimum Gasteiger partial charge on any atom is -0.329 e. The monoisotopic (exact) mass is 321 g/mol. The lowest BCUT2D eigenvalue weighted by atomic mass is 9.99. The summed E-state index contributed by atoms with van der Waals surface area (Å²) in [4.78, 5) is 19.3. The molecule has 1 N–H and O–H groups in total. The minimum absolute atomic E-state index is 0.0180. The Bertz CT molecular complexity index is 752. The summed E-state index contributed by atoms with van der Waals surface area (Å²) >= 11 is 0. The van der Waals surface area contributed by atoms with Crippen molar-refractivity contribution in [3.63, 3.8) is 0 Å². The number of anilines is 1. The van der Waals surface area contributed by atoms with Crippen LogP contribution in [0.3, 0.4) is 0 Å². The summed E-state index contributed by atoms with van der Waals surface area (Å²) in [5.41, 5.74) is 3.52. The lowest BCUT2D eigenvalue weighted by molar-refractivity contribution is 0.238. The zero-order valence-corrected chi connectivity index (χ0v) is 14.2. The Morgan fingerprint density at radius 3 is 2.58 bits per heavy atom. The van der Waals surface area contributed by atoms with E-state index in [1.54, 1.807) is 6.20 Å². The molecule has 2 heterocycles. The smallest absolute Gasteiger partial charge is 0.322 e. The molecule has 0 saturated heterocycles. The summed E-state index contributed by atoms with van der Waals surface area (Å²) < 4.78 is 0. The average Bonchev–Trinajstić information content (AvgIpc) is 3.30. The molecule has 1 atom stereocenters. The van der Waals surface area contributed by atoms with Crippen molar-refractivity contribution in [3.05, 3.63) is 59.9 Å². The van der Waals surface area contributed by atoms with Gasteiger partial charge in [-0.15, -0.1) is 0 Å². The van der Waals surface area contributed by atoms with Crippen LogP contribution in [0.15, 0.2) is 48.7 Å². The molecule has 1 fully saturated rings. The van der Waals surface area contributed by atoms with Crippen LogP contribution < -0.4 is 10.2 Å². The SMILES string of the molecule is CC(C)[C@@H](NC(=O)N1CC2(CC2)c2ccccc21)c1ccccn1. The number of rotatable bonds is 3. The molecule has 1 aromatic carbocycles. The predicted octanol–water partition coefficient (Wildman–Crippen LogP) is 4.04. The molecule has 0 unspecified atom stereocenters. The lowest BCUT2D eigenvalue weighted by Crippen LogP contribution is -2.43. The molecular formula is C20H23N3O. The molecule has 1 aliphatic heterocycles. The zero-order valence-electron chi connectivity index (χ0n) is 14.2. The van der Waals surface area contributed by atoms with E-state index in [-0.39, 0.29) is 23.4 Å². The fourth-order valence-electron chi connectivity index (χ4n) is 3.74. The van der Waals surface area contributed by atoms with Gasteiger partial charge in [-0.25, -0.2) is 4.79 Å². The van der Waals surface area contributed by atoms with E-state index in [4.69, 9.17) is 0 Å². The first-order valence-electron chi connectivity index (χ1n) is 8.69. The van der Waals surface area contributed by atoms with Crippen molar-refractivity contribution >= 4 is 11.7 Å². The zero-order chi connectivity index (χ0) is 16.7. The van der Waals surface area contributed by atoms with Gasteiger partial charge in [0, 0.05) is 23.8 Å². The van der Waals surface area contributed by atoms with Crippen molar-refractivity contribution in [3.8, 4) is 0 Å². The summed E-state index contributed by atoms with van der Waals surface area (Å²) in [6.07, 6.45) is 4.14. The Hall–Kier alpha value is -2.36. The van der Waals surface area contributed by atoms with Gasteiger partial charge in [-0.05, 0) is 42.5 Å². The quantitative estimate of drug-likeness (QED) is 0.927. The van der Waals surface area contributed by atoms with Crippen molar-refractivity contribution in [2.75, 3.05) is 11.4 Å². The standard InChI is InChI=1S/C20H23N3O/c1-14(2)18(16-8-5-6-12-21-16)22-19(24)23-13-20(10-11-20)15-7-3-4-9-17(15)23/h3-9,12,14,18H,10-11,13H2,1-2H3,(H,22,24)/t18-/m1/s1. The van der Waals surface area contributed by atoms with E-state index in [1.807, 2.05) is 29.2 Å². The van der Waals surface area contributed by atoms with Crippen molar-refractivity contribution in [1.29, 1.82) is 0 Å². The number of urea groups is 1. The summed E-state index contributed by atoms with van der Waals surface area (Å²) in [5, 5.41) is 3.21. The Balaban J connectivity index is 1.58. The highest BCUT2D eigenvalue weighted by molar-refractivity contribution is 5.95. The third-order valence-corrected chi connectivity index (χ3v) is 5.28. The van der Waals surface area contributed by atoms with Crippen LogP contribution in [0.25, 0.3) is 0 Å². The van der Waals surface area contributed by atoms with Crippen LogP contribution in [0.1, 0.15) is 44.0 Å². The maximum Gasteiger partial charge on any atom is 0.322 e. The third-order valence-electron chi connectivity index (χ3n) is 5.28. The third kappa shape index (κ3) is 2.46. The molecule has 1 aromatic heterocycles. The van der Waals surface area contributed by atoms with E-state index >= 15 is 0 Å². The maximum atomic E-state index is 13.0. The van der Waals surface area contributed by atoms with E-state index in [0.717, 1.165) is 17.9 Å². The van der Waals surface area contributed by atoms with Gasteiger partial charge in [-0.2, -0.15) is 0 Å². The van der Waals surface area contributed by atoms with Crippen molar-refractivity contribution in [2.24, 2.45) is 5.92 Å². The van der Waals surface area contributed by atoms with Crippen LogP contribution >= 0.6 is 0 Å². The van der Waals surface area contributed by atoms with Crippen LogP contribution in [0.5, 0.6) is 0 Å². The topological polar surface area (TPSA) is 45.2 Å². The van der Waals surface area contributed by atoms with Crippen LogP contribution in [-0.2, 0) is 5.41 Å². The molecule has 0 bridgehead atoms. The Kier molecular flexibility index (Phi) is 3.56. The molecule has 4 rings (SSSR count). The van der Waals surface area contributed by atoms with Crippen LogP contribution in [0.2, 0.25) is 0 Å². The van der Waals surface area contributed by atoms with Gasteiger partial charge < -0.3 is 5.32 Å². The number of hydrogen-bond donors (Lipinski definition) is 1. The number of carbonyl (C=O) groups excluding carboxylic acids is 1. The highest BCUT2D eigenvalue weighted by Gasteiger charge is 2.52. The van der Waals surface area contributed by atoms with E-state index in [2.05, 4.69) is 42.3 Å². The number of pyridine rings is 1. The molecule has 24 heavy (non-hydrogen) atoms. The number of para-hydroxylation sites is 1. The molecule has 124 valence electrons. The van der Waals surface area contributed by atoms with E-state index in [9.17, 15) is 4.79 Å².